The molecule has 1 heterocycles. The van der Waals surface area contributed by atoms with Gasteiger partial charge < -0.3 is 20.1 Å². The van der Waals surface area contributed by atoms with Gasteiger partial charge in [0.1, 0.15) is 18.1 Å². The molecule has 1 aromatic carbocycles. The molecule has 3 atom stereocenters. The quantitative estimate of drug-likeness (QED) is 0.193. The van der Waals surface area contributed by atoms with E-state index in [0.29, 0.717) is 5.75 Å². The molecule has 37 heavy (non-hydrogen) atoms. The second-order valence-corrected chi connectivity index (χ2v) is 11.7. The van der Waals surface area contributed by atoms with Crippen molar-refractivity contribution in [3.8, 4) is 5.75 Å². The van der Waals surface area contributed by atoms with Gasteiger partial charge in [0.05, 0.1) is 18.6 Å². The summed E-state index contributed by atoms with van der Waals surface area (Å²) in [4.78, 5) is 28.3. The molecule has 0 saturated heterocycles. The summed E-state index contributed by atoms with van der Waals surface area (Å²) in [6.45, 7) is 5.62. The minimum absolute atomic E-state index is 0.0380. The SMILES string of the molecule is CCC(CC)COC(=O)CNP(=O)(OCC(C)SC(CCO)n1ccc(N)nc1=O)Oc1ccccc1. The highest BCUT2D eigenvalue weighted by Crippen LogP contribution is 2.45. The first-order valence-corrected chi connectivity index (χ1v) is 14.7. The van der Waals surface area contributed by atoms with Gasteiger partial charge >= 0.3 is 19.4 Å². The zero-order valence-corrected chi connectivity index (χ0v) is 23.2. The van der Waals surface area contributed by atoms with Crippen molar-refractivity contribution in [1.29, 1.82) is 0 Å². The minimum atomic E-state index is -3.97. The number of carbonyl (C=O) groups is 1. The summed E-state index contributed by atoms with van der Waals surface area (Å²) in [7, 11) is -3.97. The standard InChI is InChI=1S/C24H37N4O7PS/c1-4-19(5-2)17-33-23(30)15-26-36(32,35-20-9-7-6-8-10-20)34-16-18(3)37-22(12-14-29)28-13-11-21(25)27-24(28)31/h6-11,13,18-19,22,29H,4-5,12,14-17H2,1-3H3,(H,26,32)(H2,25,27,31). The van der Waals surface area contributed by atoms with Gasteiger partial charge in [0, 0.05) is 24.5 Å². The number of carbonyl (C=O) groups excluding carboxylic acids is 1. The van der Waals surface area contributed by atoms with Crippen LogP contribution < -0.4 is 21.0 Å². The number of nitrogen functional groups attached to an aromatic ring is 1. The maximum Gasteiger partial charge on any atom is 0.459 e. The van der Waals surface area contributed by atoms with Crippen molar-refractivity contribution in [1.82, 2.24) is 14.6 Å². The number of thioether (sulfide) groups is 1. The number of anilines is 1. The summed E-state index contributed by atoms with van der Waals surface area (Å²) in [5.41, 5.74) is 5.04. The number of nitrogens with two attached hydrogens (primary N) is 1. The van der Waals surface area contributed by atoms with Gasteiger partial charge in [-0.3, -0.25) is 13.9 Å². The molecule has 1 aromatic heterocycles. The van der Waals surface area contributed by atoms with E-state index in [1.807, 2.05) is 20.8 Å². The molecular weight excluding hydrogens is 519 g/mol. The van der Waals surface area contributed by atoms with Gasteiger partial charge in [0.15, 0.2) is 0 Å². The van der Waals surface area contributed by atoms with E-state index in [1.54, 1.807) is 30.3 Å². The normalized spacial score (nSPS) is 14.6. The first kappa shape index (κ1) is 30.9. The molecular formula is C24H37N4O7PS. The fourth-order valence-corrected chi connectivity index (χ4v) is 5.88. The molecule has 2 aromatic rings. The molecule has 0 radical (unpaired) electrons. The first-order chi connectivity index (χ1) is 17.7. The number of aliphatic hydroxyl groups is 1. The van der Waals surface area contributed by atoms with Crippen LogP contribution >= 0.6 is 19.5 Å². The van der Waals surface area contributed by atoms with Crippen molar-refractivity contribution >= 4 is 31.3 Å². The van der Waals surface area contributed by atoms with E-state index in [4.69, 9.17) is 19.5 Å². The number of benzene rings is 1. The highest BCUT2D eigenvalue weighted by atomic mass is 32.2. The van der Waals surface area contributed by atoms with E-state index in [0.717, 1.165) is 12.8 Å². The monoisotopic (exact) mass is 556 g/mol. The van der Waals surface area contributed by atoms with E-state index in [9.17, 15) is 19.3 Å². The van der Waals surface area contributed by atoms with E-state index in [1.165, 1.54) is 28.6 Å². The molecule has 0 aliphatic rings. The Morgan fingerprint density at radius 2 is 1.92 bits per heavy atom. The number of aliphatic hydroxyl groups excluding tert-OH is 1. The zero-order chi connectivity index (χ0) is 27.3. The lowest BCUT2D eigenvalue weighted by Crippen LogP contribution is -2.29. The van der Waals surface area contributed by atoms with Gasteiger partial charge in [-0.1, -0.05) is 51.8 Å². The number of hydrogen-bond acceptors (Lipinski definition) is 10. The van der Waals surface area contributed by atoms with Crippen LogP contribution in [-0.2, 0) is 18.6 Å². The van der Waals surface area contributed by atoms with Crippen LogP contribution in [0.25, 0.3) is 0 Å². The summed E-state index contributed by atoms with van der Waals surface area (Å²) < 4.78 is 31.5. The molecule has 0 bridgehead atoms. The smallest absolute Gasteiger partial charge is 0.459 e. The molecule has 206 valence electrons. The summed E-state index contributed by atoms with van der Waals surface area (Å²) in [5.74, 6) is 0.115. The number of para-hydroxylation sites is 1. The molecule has 13 heteroatoms. The highest BCUT2D eigenvalue weighted by molar-refractivity contribution is 7.99. The Morgan fingerprint density at radius 3 is 2.54 bits per heavy atom. The topological polar surface area (TPSA) is 155 Å². The maximum absolute atomic E-state index is 13.5. The average molecular weight is 557 g/mol. The number of rotatable bonds is 17. The largest absolute Gasteiger partial charge is 0.464 e. The Morgan fingerprint density at radius 1 is 1.22 bits per heavy atom. The van der Waals surface area contributed by atoms with Crippen molar-refractivity contribution in [2.75, 3.05) is 32.1 Å². The van der Waals surface area contributed by atoms with Crippen LogP contribution in [0.2, 0.25) is 0 Å². The third-order valence-electron chi connectivity index (χ3n) is 5.43. The minimum Gasteiger partial charge on any atom is -0.464 e. The van der Waals surface area contributed by atoms with Crippen LogP contribution in [0, 0.1) is 5.92 Å². The molecule has 0 spiro atoms. The van der Waals surface area contributed by atoms with Gasteiger partial charge in [-0.2, -0.15) is 4.98 Å². The lowest BCUT2D eigenvalue weighted by molar-refractivity contribution is -0.143. The van der Waals surface area contributed by atoms with Gasteiger partial charge in [-0.15, -0.1) is 11.8 Å². The van der Waals surface area contributed by atoms with Crippen LogP contribution in [0.4, 0.5) is 5.82 Å². The van der Waals surface area contributed by atoms with Crippen LogP contribution in [0.3, 0.4) is 0 Å². The molecule has 0 aliphatic heterocycles. The van der Waals surface area contributed by atoms with Crippen LogP contribution in [-0.4, -0.2) is 52.2 Å². The molecule has 11 nitrogen and oxygen atoms in total. The third kappa shape index (κ3) is 10.9. The summed E-state index contributed by atoms with van der Waals surface area (Å²) in [5, 5.41) is 11.3. The third-order valence-corrected chi connectivity index (χ3v) is 8.29. The Labute approximate surface area is 221 Å². The lowest BCUT2D eigenvalue weighted by atomic mass is 10.1. The second-order valence-electron chi connectivity index (χ2n) is 8.35. The van der Waals surface area contributed by atoms with Crippen LogP contribution in [0.5, 0.6) is 5.75 Å². The number of nitrogens with one attached hydrogen (secondary N) is 1. The Kier molecular flexibility index (Phi) is 13.2. The van der Waals surface area contributed by atoms with Gasteiger partial charge in [0.2, 0.25) is 0 Å². The van der Waals surface area contributed by atoms with Gasteiger partial charge in [-0.05, 0) is 24.1 Å². The summed E-state index contributed by atoms with van der Waals surface area (Å²) in [6.07, 6.45) is 3.58. The second kappa shape index (κ2) is 15.8. The molecule has 0 amide bonds. The molecule has 2 rings (SSSR count). The first-order valence-electron chi connectivity index (χ1n) is 12.2. The number of hydrogen-bond donors (Lipinski definition) is 3. The predicted octanol–water partition coefficient (Wildman–Crippen LogP) is 3.60. The van der Waals surface area contributed by atoms with Gasteiger partial charge in [0.25, 0.3) is 0 Å². The van der Waals surface area contributed by atoms with E-state index >= 15 is 0 Å². The summed E-state index contributed by atoms with van der Waals surface area (Å²) >= 11 is 1.33. The van der Waals surface area contributed by atoms with Crippen molar-refractivity contribution in [2.45, 2.75) is 50.7 Å². The Hall–Kier alpha value is -2.37. The van der Waals surface area contributed by atoms with E-state index in [2.05, 4.69) is 10.1 Å². The van der Waals surface area contributed by atoms with Crippen molar-refractivity contribution in [3.05, 3.63) is 53.1 Å². The van der Waals surface area contributed by atoms with Gasteiger partial charge in [-0.25, -0.2) is 14.4 Å². The molecule has 0 saturated carbocycles. The molecule has 3 unspecified atom stereocenters. The van der Waals surface area contributed by atoms with Crippen LogP contribution in [0.1, 0.15) is 45.4 Å². The number of esters is 1. The van der Waals surface area contributed by atoms with Crippen molar-refractivity contribution < 1.29 is 28.3 Å². The lowest BCUT2D eigenvalue weighted by Gasteiger charge is -2.24. The van der Waals surface area contributed by atoms with Crippen LogP contribution in [0.15, 0.2) is 47.4 Å². The Bertz CT molecular complexity index is 1070. The maximum atomic E-state index is 13.5. The van der Waals surface area contributed by atoms with E-state index < -0.39 is 24.8 Å². The predicted molar refractivity (Wildman–Crippen MR) is 144 cm³/mol. The Balaban J connectivity index is 2.05. The average Bonchev–Trinajstić information content (AvgIpc) is 2.87. The molecule has 0 aliphatic carbocycles. The fraction of sp³-hybridized carbons (Fsp3) is 0.542. The van der Waals surface area contributed by atoms with Crippen molar-refractivity contribution in [2.24, 2.45) is 5.92 Å². The molecule has 0 fully saturated rings. The number of nitrogens with zero attached hydrogens (tertiary/aromatic N) is 2. The van der Waals surface area contributed by atoms with Crippen molar-refractivity contribution in [3.63, 3.8) is 0 Å². The number of ether oxygens (including phenoxy) is 1. The highest BCUT2D eigenvalue weighted by Gasteiger charge is 2.29. The summed E-state index contributed by atoms with van der Waals surface area (Å²) in [6, 6.07) is 9.98. The fourth-order valence-electron chi connectivity index (χ4n) is 3.21. The molecule has 4 N–H and O–H groups in total. The number of aromatic nitrogens is 2. The zero-order valence-electron chi connectivity index (χ0n) is 21.4. The van der Waals surface area contributed by atoms with E-state index in [-0.39, 0.29) is 49.8 Å².